The minimum absolute atomic E-state index is 0.184. The third-order valence-corrected chi connectivity index (χ3v) is 3.27. The van der Waals surface area contributed by atoms with Crippen LogP contribution in [0.2, 0.25) is 0 Å². The summed E-state index contributed by atoms with van der Waals surface area (Å²) in [5.41, 5.74) is 7.12. The van der Waals surface area contributed by atoms with Gasteiger partial charge in [-0.2, -0.15) is 0 Å². The van der Waals surface area contributed by atoms with Crippen LogP contribution in [0.4, 0.5) is 0 Å². The van der Waals surface area contributed by atoms with Crippen molar-refractivity contribution in [3.05, 3.63) is 35.9 Å². The Morgan fingerprint density at radius 1 is 1.24 bits per heavy atom. The van der Waals surface area contributed by atoms with Crippen molar-refractivity contribution in [3.63, 3.8) is 0 Å². The normalized spacial score (nSPS) is 13.6. The topological polar surface area (TPSA) is 38.0 Å². The van der Waals surface area contributed by atoms with Gasteiger partial charge in [0.05, 0.1) is 0 Å². The fourth-order valence-corrected chi connectivity index (χ4v) is 2.01. The predicted octanol–water partition coefficient (Wildman–Crippen LogP) is 2.54. The summed E-state index contributed by atoms with van der Waals surface area (Å²) in [5.74, 6) is 0.659. The first-order chi connectivity index (χ1) is 8.06. The third kappa shape index (κ3) is 4.88. The van der Waals surface area contributed by atoms with E-state index in [0.29, 0.717) is 5.92 Å². The molecule has 1 atom stereocenters. The maximum atomic E-state index is 5.55. The molecule has 1 unspecified atom stereocenters. The molecule has 0 bridgehead atoms. The minimum Gasteiger partial charge on any atom is -0.330 e. The second kappa shape index (κ2) is 6.77. The van der Waals surface area contributed by atoms with Crippen molar-refractivity contribution in [2.75, 3.05) is 19.6 Å². The third-order valence-electron chi connectivity index (χ3n) is 3.27. The molecule has 0 aliphatic rings. The van der Waals surface area contributed by atoms with Crippen LogP contribution < -0.4 is 11.1 Å². The largest absolute Gasteiger partial charge is 0.330 e. The van der Waals surface area contributed by atoms with Gasteiger partial charge in [-0.15, -0.1) is 0 Å². The minimum atomic E-state index is 0.184. The van der Waals surface area contributed by atoms with Crippen LogP contribution in [0.25, 0.3) is 0 Å². The lowest BCUT2D eigenvalue weighted by atomic mass is 9.84. The molecule has 0 spiro atoms. The second-order valence-corrected chi connectivity index (χ2v) is 5.56. The number of benzene rings is 1. The van der Waals surface area contributed by atoms with Gasteiger partial charge in [0.15, 0.2) is 0 Å². The first kappa shape index (κ1) is 14.2. The van der Waals surface area contributed by atoms with Crippen LogP contribution in [-0.4, -0.2) is 19.6 Å². The zero-order chi connectivity index (χ0) is 12.7. The Morgan fingerprint density at radius 2 is 1.88 bits per heavy atom. The smallest absolute Gasteiger partial charge is 0.00432 e. The zero-order valence-electron chi connectivity index (χ0n) is 11.4. The van der Waals surface area contributed by atoms with Crippen LogP contribution >= 0.6 is 0 Å². The molecule has 0 radical (unpaired) electrons. The van der Waals surface area contributed by atoms with Gasteiger partial charge in [0.25, 0.3) is 0 Å². The van der Waals surface area contributed by atoms with E-state index in [1.165, 1.54) is 5.56 Å². The molecule has 17 heavy (non-hydrogen) atoms. The lowest BCUT2D eigenvalue weighted by Crippen LogP contribution is -2.35. The molecule has 96 valence electrons. The maximum Gasteiger partial charge on any atom is 0.00432 e. The van der Waals surface area contributed by atoms with E-state index < -0.39 is 0 Å². The van der Waals surface area contributed by atoms with Gasteiger partial charge in [-0.3, -0.25) is 0 Å². The van der Waals surface area contributed by atoms with Crippen molar-refractivity contribution in [3.8, 4) is 0 Å². The van der Waals surface area contributed by atoms with Crippen molar-refractivity contribution in [2.24, 2.45) is 11.7 Å². The molecule has 0 amide bonds. The zero-order valence-corrected chi connectivity index (χ0v) is 11.4. The molecule has 2 heteroatoms. The van der Waals surface area contributed by atoms with Crippen LogP contribution in [0.3, 0.4) is 0 Å². The molecule has 3 N–H and O–H groups in total. The van der Waals surface area contributed by atoms with Gasteiger partial charge in [0.1, 0.15) is 0 Å². The van der Waals surface area contributed by atoms with E-state index in [9.17, 15) is 0 Å². The molecule has 2 nitrogen and oxygen atoms in total. The van der Waals surface area contributed by atoms with E-state index in [4.69, 9.17) is 5.73 Å². The fraction of sp³-hybridized carbons (Fsp3) is 0.600. The Bertz CT molecular complexity index is 306. The van der Waals surface area contributed by atoms with E-state index >= 15 is 0 Å². The highest BCUT2D eigenvalue weighted by Gasteiger charge is 2.19. The summed E-state index contributed by atoms with van der Waals surface area (Å²) in [4.78, 5) is 0. The van der Waals surface area contributed by atoms with E-state index in [0.717, 1.165) is 26.1 Å². The van der Waals surface area contributed by atoms with Crippen LogP contribution in [0, 0.1) is 5.92 Å². The summed E-state index contributed by atoms with van der Waals surface area (Å²) in [5, 5.41) is 3.55. The number of hydrogen-bond donors (Lipinski definition) is 2. The molecular formula is C15H26N2. The fourth-order valence-electron chi connectivity index (χ4n) is 2.01. The van der Waals surface area contributed by atoms with Crippen LogP contribution in [0.15, 0.2) is 30.3 Å². The molecule has 0 saturated heterocycles. The highest BCUT2D eigenvalue weighted by atomic mass is 14.9. The Labute approximate surface area is 106 Å². The van der Waals surface area contributed by atoms with Gasteiger partial charge in [-0.1, -0.05) is 51.1 Å². The molecule has 0 aliphatic heterocycles. The Morgan fingerprint density at radius 3 is 2.47 bits per heavy atom. The first-order valence-electron chi connectivity index (χ1n) is 6.52. The first-order valence-corrected chi connectivity index (χ1v) is 6.52. The number of hydrogen-bond acceptors (Lipinski definition) is 2. The van der Waals surface area contributed by atoms with Crippen molar-refractivity contribution >= 4 is 0 Å². The molecule has 0 aromatic heterocycles. The van der Waals surface area contributed by atoms with Gasteiger partial charge in [0.2, 0.25) is 0 Å². The molecular weight excluding hydrogens is 208 g/mol. The summed E-state index contributed by atoms with van der Waals surface area (Å²) in [6.45, 7) is 9.64. The van der Waals surface area contributed by atoms with Gasteiger partial charge in [0, 0.05) is 12.0 Å². The van der Waals surface area contributed by atoms with Crippen LogP contribution in [0.1, 0.15) is 32.8 Å². The van der Waals surface area contributed by atoms with Gasteiger partial charge in [-0.25, -0.2) is 0 Å². The molecule has 1 aromatic rings. The predicted molar refractivity (Wildman–Crippen MR) is 75.2 cm³/mol. The summed E-state index contributed by atoms with van der Waals surface area (Å²) < 4.78 is 0. The summed E-state index contributed by atoms with van der Waals surface area (Å²) in [6, 6.07) is 10.7. The summed E-state index contributed by atoms with van der Waals surface area (Å²) in [6.07, 6.45) is 1.10. The average Bonchev–Trinajstić information content (AvgIpc) is 2.30. The van der Waals surface area contributed by atoms with E-state index in [-0.39, 0.29) is 5.41 Å². The molecule has 0 aliphatic carbocycles. The summed E-state index contributed by atoms with van der Waals surface area (Å²) >= 11 is 0. The van der Waals surface area contributed by atoms with E-state index in [1.54, 1.807) is 0 Å². The number of nitrogens with two attached hydrogens (primary N) is 1. The molecule has 0 saturated carbocycles. The van der Waals surface area contributed by atoms with Crippen molar-refractivity contribution in [2.45, 2.75) is 32.6 Å². The Balaban J connectivity index is 2.40. The highest BCUT2D eigenvalue weighted by Crippen LogP contribution is 2.21. The van der Waals surface area contributed by atoms with Crippen molar-refractivity contribution < 1.29 is 0 Å². The quantitative estimate of drug-likeness (QED) is 0.761. The molecule has 0 fully saturated rings. The molecule has 1 aromatic carbocycles. The summed E-state index contributed by atoms with van der Waals surface area (Å²) in [7, 11) is 0. The highest BCUT2D eigenvalue weighted by molar-refractivity contribution is 5.23. The van der Waals surface area contributed by atoms with Crippen molar-refractivity contribution in [1.82, 2.24) is 5.32 Å². The van der Waals surface area contributed by atoms with E-state index in [2.05, 4.69) is 56.4 Å². The van der Waals surface area contributed by atoms with Gasteiger partial charge < -0.3 is 11.1 Å². The van der Waals surface area contributed by atoms with Crippen LogP contribution in [0.5, 0.6) is 0 Å². The van der Waals surface area contributed by atoms with Crippen LogP contribution in [-0.2, 0) is 5.41 Å². The lowest BCUT2D eigenvalue weighted by molar-refractivity contribution is 0.422. The maximum absolute atomic E-state index is 5.55. The standard InChI is InChI=1S/C15H26N2/c1-13(9-10-16)11-17-12-15(2,3)14-7-5-4-6-8-14/h4-8,13,17H,9-12,16H2,1-3H3. The monoisotopic (exact) mass is 234 g/mol. The Kier molecular flexibility index (Phi) is 5.66. The molecule has 1 rings (SSSR count). The van der Waals surface area contributed by atoms with Gasteiger partial charge in [-0.05, 0) is 31.0 Å². The Hall–Kier alpha value is -0.860. The van der Waals surface area contributed by atoms with Crippen molar-refractivity contribution in [1.29, 1.82) is 0 Å². The number of rotatable bonds is 7. The lowest BCUT2D eigenvalue weighted by Gasteiger charge is -2.26. The average molecular weight is 234 g/mol. The SMILES string of the molecule is CC(CCN)CNCC(C)(C)c1ccccc1. The van der Waals surface area contributed by atoms with Gasteiger partial charge >= 0.3 is 0 Å². The number of nitrogens with one attached hydrogen (secondary N) is 1. The molecule has 0 heterocycles. The second-order valence-electron chi connectivity index (χ2n) is 5.56. The van der Waals surface area contributed by atoms with E-state index in [1.807, 2.05) is 0 Å².